The summed E-state index contributed by atoms with van der Waals surface area (Å²) in [4.78, 5) is 20.6. The molecule has 0 saturated heterocycles. The fraction of sp³-hybridized carbons (Fsp3) is 0.0625. The maximum atomic E-state index is 13.0. The third kappa shape index (κ3) is 3.37. The van der Waals surface area contributed by atoms with Crippen LogP contribution in [0.2, 0.25) is 5.02 Å². The molecule has 3 aromatic rings. The molecule has 0 fully saturated rings. The molecule has 5 nitrogen and oxygen atoms in total. The number of nitrogens with zero attached hydrogens (tertiary/aromatic N) is 2. The summed E-state index contributed by atoms with van der Waals surface area (Å²) in [6.07, 6.45) is 6.18. The van der Waals surface area contributed by atoms with E-state index in [0.29, 0.717) is 11.4 Å². The van der Waals surface area contributed by atoms with Crippen molar-refractivity contribution in [3.8, 4) is 11.3 Å². The number of rotatable bonds is 4. The molecule has 0 radical (unpaired) electrons. The molecule has 0 saturated carbocycles. The highest BCUT2D eigenvalue weighted by molar-refractivity contribution is 6.33. The quantitative estimate of drug-likeness (QED) is 0.795. The van der Waals surface area contributed by atoms with Crippen molar-refractivity contribution in [1.29, 1.82) is 0 Å². The second-order valence-electron chi connectivity index (χ2n) is 4.67. The molecule has 0 aliphatic rings. The first-order valence-corrected chi connectivity index (χ1v) is 7.08. The average molecular weight is 332 g/mol. The Morgan fingerprint density at radius 1 is 1.26 bits per heavy atom. The van der Waals surface area contributed by atoms with Gasteiger partial charge in [0, 0.05) is 18.0 Å². The van der Waals surface area contributed by atoms with Crippen molar-refractivity contribution in [2.75, 3.05) is 0 Å². The normalized spacial score (nSPS) is 10.5. The van der Waals surface area contributed by atoms with Crippen molar-refractivity contribution in [1.82, 2.24) is 15.3 Å². The molecule has 1 N–H and O–H groups in total. The molecule has 7 heteroatoms. The minimum atomic E-state index is -0.497. The second-order valence-corrected chi connectivity index (χ2v) is 5.08. The summed E-state index contributed by atoms with van der Waals surface area (Å²) < 4.78 is 18.1. The Morgan fingerprint density at radius 2 is 2.09 bits per heavy atom. The van der Waals surface area contributed by atoms with E-state index in [2.05, 4.69) is 15.3 Å². The zero-order chi connectivity index (χ0) is 16.2. The van der Waals surface area contributed by atoms with Crippen molar-refractivity contribution in [3.63, 3.8) is 0 Å². The molecule has 0 spiro atoms. The Balaban J connectivity index is 1.77. The summed E-state index contributed by atoms with van der Waals surface area (Å²) in [6.45, 7) is 0.154. The monoisotopic (exact) mass is 331 g/mol. The largest absolute Gasteiger partial charge is 0.472 e. The molecule has 2 heterocycles. The molecule has 1 aromatic carbocycles. The fourth-order valence-corrected chi connectivity index (χ4v) is 2.32. The van der Waals surface area contributed by atoms with Gasteiger partial charge in [-0.05, 0) is 24.3 Å². The number of carbonyl (C=O) groups excluding carboxylic acids is 1. The zero-order valence-corrected chi connectivity index (χ0v) is 12.5. The van der Waals surface area contributed by atoms with Crippen LogP contribution in [0.5, 0.6) is 0 Å². The predicted molar refractivity (Wildman–Crippen MR) is 82.3 cm³/mol. The molecule has 0 aliphatic heterocycles. The maximum absolute atomic E-state index is 13.0. The fourth-order valence-electron chi connectivity index (χ4n) is 2.07. The molecular formula is C16H11ClFN3O2. The van der Waals surface area contributed by atoms with Gasteiger partial charge in [-0.1, -0.05) is 11.6 Å². The standard InChI is InChI=1S/C16H11ClFN3O2/c17-13-7-11(18)1-2-12(13)16(22)21-8-14-15(20-5-4-19-14)10-3-6-23-9-10/h1-7,9H,8H2,(H,21,22). The molecule has 23 heavy (non-hydrogen) atoms. The number of amides is 1. The van der Waals surface area contributed by atoms with Gasteiger partial charge in [-0.15, -0.1) is 0 Å². The Hall–Kier alpha value is -2.73. The number of nitrogens with one attached hydrogen (secondary N) is 1. The van der Waals surface area contributed by atoms with Crippen molar-refractivity contribution >= 4 is 17.5 Å². The Labute approximate surface area is 136 Å². The topological polar surface area (TPSA) is 68.0 Å². The van der Waals surface area contributed by atoms with E-state index in [1.165, 1.54) is 24.6 Å². The van der Waals surface area contributed by atoms with Gasteiger partial charge in [0.15, 0.2) is 0 Å². The number of furan rings is 1. The van der Waals surface area contributed by atoms with Gasteiger partial charge in [0.2, 0.25) is 0 Å². The lowest BCUT2D eigenvalue weighted by Crippen LogP contribution is -2.24. The van der Waals surface area contributed by atoms with Gasteiger partial charge >= 0.3 is 0 Å². The summed E-state index contributed by atoms with van der Waals surface area (Å²) in [5.74, 6) is -0.915. The molecule has 1 amide bonds. The van der Waals surface area contributed by atoms with E-state index in [9.17, 15) is 9.18 Å². The van der Waals surface area contributed by atoms with Crippen molar-refractivity contribution in [2.24, 2.45) is 0 Å². The highest BCUT2D eigenvalue weighted by Gasteiger charge is 2.13. The van der Waals surface area contributed by atoms with Gasteiger partial charge in [0.1, 0.15) is 5.82 Å². The smallest absolute Gasteiger partial charge is 0.253 e. The van der Waals surface area contributed by atoms with Crippen LogP contribution in [-0.2, 0) is 6.54 Å². The number of benzene rings is 1. The van der Waals surface area contributed by atoms with Crippen LogP contribution < -0.4 is 5.32 Å². The van der Waals surface area contributed by atoms with E-state index in [1.807, 2.05) is 0 Å². The zero-order valence-electron chi connectivity index (χ0n) is 11.8. The van der Waals surface area contributed by atoms with Gasteiger partial charge < -0.3 is 9.73 Å². The summed E-state index contributed by atoms with van der Waals surface area (Å²) in [6, 6.07) is 5.36. The Bertz CT molecular complexity index is 837. The van der Waals surface area contributed by atoms with Crippen LogP contribution in [0.15, 0.2) is 53.6 Å². The van der Waals surface area contributed by atoms with Gasteiger partial charge in [-0.2, -0.15) is 0 Å². The lowest BCUT2D eigenvalue weighted by Gasteiger charge is -2.08. The van der Waals surface area contributed by atoms with E-state index in [1.54, 1.807) is 18.5 Å². The van der Waals surface area contributed by atoms with Crippen LogP contribution >= 0.6 is 11.6 Å². The van der Waals surface area contributed by atoms with Crippen molar-refractivity contribution < 1.29 is 13.6 Å². The van der Waals surface area contributed by atoms with Crippen LogP contribution in [0.4, 0.5) is 4.39 Å². The molecule has 3 rings (SSSR count). The first-order valence-electron chi connectivity index (χ1n) is 6.71. The van der Waals surface area contributed by atoms with Gasteiger partial charge in [-0.3, -0.25) is 14.8 Å². The van der Waals surface area contributed by atoms with Crippen LogP contribution in [-0.4, -0.2) is 15.9 Å². The SMILES string of the molecule is O=C(NCc1nccnc1-c1ccoc1)c1ccc(F)cc1Cl. The van der Waals surface area contributed by atoms with Gasteiger partial charge in [0.25, 0.3) is 5.91 Å². The van der Waals surface area contributed by atoms with Crippen LogP contribution in [0.3, 0.4) is 0 Å². The van der Waals surface area contributed by atoms with Crippen LogP contribution in [0.25, 0.3) is 11.3 Å². The number of hydrogen-bond donors (Lipinski definition) is 1. The average Bonchev–Trinajstić information content (AvgIpc) is 3.07. The number of hydrogen-bond acceptors (Lipinski definition) is 4. The van der Waals surface area contributed by atoms with Crippen LogP contribution in [0.1, 0.15) is 16.1 Å². The first-order chi connectivity index (χ1) is 11.1. The molecule has 0 atom stereocenters. The molecule has 0 bridgehead atoms. The van der Waals surface area contributed by atoms with Crippen molar-refractivity contribution in [3.05, 3.63) is 71.3 Å². The van der Waals surface area contributed by atoms with Crippen LogP contribution in [0, 0.1) is 5.82 Å². The highest BCUT2D eigenvalue weighted by Crippen LogP contribution is 2.20. The lowest BCUT2D eigenvalue weighted by atomic mass is 10.1. The molecule has 116 valence electrons. The highest BCUT2D eigenvalue weighted by atomic mass is 35.5. The van der Waals surface area contributed by atoms with Crippen molar-refractivity contribution in [2.45, 2.75) is 6.54 Å². The summed E-state index contributed by atoms with van der Waals surface area (Å²) >= 11 is 5.88. The molecule has 0 aliphatic carbocycles. The number of carbonyl (C=O) groups is 1. The van der Waals surface area contributed by atoms with E-state index in [-0.39, 0.29) is 17.1 Å². The second kappa shape index (κ2) is 6.58. The lowest BCUT2D eigenvalue weighted by molar-refractivity contribution is 0.0950. The third-order valence-corrected chi connectivity index (χ3v) is 3.47. The maximum Gasteiger partial charge on any atom is 0.253 e. The van der Waals surface area contributed by atoms with Gasteiger partial charge in [0.05, 0.1) is 41.0 Å². The summed E-state index contributed by atoms with van der Waals surface area (Å²) in [7, 11) is 0. The van der Waals surface area contributed by atoms with E-state index < -0.39 is 11.7 Å². The van der Waals surface area contributed by atoms with E-state index in [4.69, 9.17) is 16.0 Å². The molecule has 0 unspecified atom stereocenters. The molecule has 2 aromatic heterocycles. The minimum absolute atomic E-state index is 0.0525. The third-order valence-electron chi connectivity index (χ3n) is 3.16. The predicted octanol–water partition coefficient (Wildman–Crippen LogP) is 3.46. The first kappa shape index (κ1) is 15.2. The summed E-state index contributed by atoms with van der Waals surface area (Å²) in [5.41, 5.74) is 2.16. The number of aromatic nitrogens is 2. The minimum Gasteiger partial charge on any atom is -0.472 e. The molecular weight excluding hydrogens is 321 g/mol. The summed E-state index contributed by atoms with van der Waals surface area (Å²) in [5, 5.41) is 2.75. The Morgan fingerprint density at radius 3 is 2.83 bits per heavy atom. The van der Waals surface area contributed by atoms with E-state index >= 15 is 0 Å². The van der Waals surface area contributed by atoms with E-state index in [0.717, 1.165) is 11.6 Å². The number of halogens is 2. The van der Waals surface area contributed by atoms with Gasteiger partial charge in [-0.25, -0.2) is 4.39 Å². The Kier molecular flexibility index (Phi) is 4.34.